The number of sulfone groups is 1. The molecule has 0 bridgehead atoms. The van der Waals surface area contributed by atoms with Crippen LogP contribution in [0, 0.1) is 18.8 Å². The Labute approximate surface area is 122 Å². The van der Waals surface area contributed by atoms with Gasteiger partial charge in [-0.1, -0.05) is 37.6 Å². The van der Waals surface area contributed by atoms with Crippen LogP contribution in [0.4, 0.5) is 0 Å². The Morgan fingerprint density at radius 2 is 1.95 bits per heavy atom. The maximum absolute atomic E-state index is 12.8. The molecule has 0 aromatic heterocycles. The first-order valence-corrected chi connectivity index (χ1v) is 9.11. The van der Waals surface area contributed by atoms with E-state index in [2.05, 4.69) is 6.92 Å². The average molecular weight is 295 g/mol. The summed E-state index contributed by atoms with van der Waals surface area (Å²) in [6, 6.07) is 7.73. The van der Waals surface area contributed by atoms with E-state index in [9.17, 15) is 8.42 Å². The van der Waals surface area contributed by atoms with E-state index in [-0.39, 0.29) is 16.9 Å². The van der Waals surface area contributed by atoms with Crippen molar-refractivity contribution in [3.63, 3.8) is 0 Å². The zero-order valence-electron chi connectivity index (χ0n) is 12.4. The Kier molecular flexibility index (Phi) is 4.86. The van der Waals surface area contributed by atoms with Crippen LogP contribution in [0.1, 0.15) is 37.3 Å². The summed E-state index contributed by atoms with van der Waals surface area (Å²) in [7, 11) is -3.13. The van der Waals surface area contributed by atoms with Crippen LogP contribution in [0.5, 0.6) is 0 Å². The molecule has 1 aromatic carbocycles. The van der Waals surface area contributed by atoms with Gasteiger partial charge in [-0.15, -0.1) is 0 Å². The van der Waals surface area contributed by atoms with Gasteiger partial charge in [0, 0.05) is 0 Å². The van der Waals surface area contributed by atoms with E-state index >= 15 is 0 Å². The molecule has 1 saturated carbocycles. The van der Waals surface area contributed by atoms with Crippen LogP contribution >= 0.6 is 0 Å². The molecule has 0 heterocycles. The smallest absolute Gasteiger partial charge is 0.157 e. The number of nitrogens with two attached hydrogens (primary N) is 1. The Morgan fingerprint density at radius 3 is 2.60 bits per heavy atom. The maximum Gasteiger partial charge on any atom is 0.157 e. The highest BCUT2D eigenvalue weighted by atomic mass is 32.2. The lowest BCUT2D eigenvalue weighted by Crippen LogP contribution is -2.40. The normalized spacial score (nSPS) is 27.4. The molecule has 1 aromatic rings. The van der Waals surface area contributed by atoms with Crippen LogP contribution in [-0.4, -0.2) is 20.2 Å². The molecule has 3 atom stereocenters. The fraction of sp³-hybridized carbons (Fsp3) is 0.625. The van der Waals surface area contributed by atoms with Crippen molar-refractivity contribution in [1.82, 2.24) is 0 Å². The molecule has 2 N–H and O–H groups in total. The van der Waals surface area contributed by atoms with E-state index in [0.717, 1.165) is 30.4 Å². The molecule has 3 nitrogen and oxygen atoms in total. The van der Waals surface area contributed by atoms with Gasteiger partial charge in [0.25, 0.3) is 0 Å². The van der Waals surface area contributed by atoms with Gasteiger partial charge in [-0.3, -0.25) is 0 Å². The summed E-state index contributed by atoms with van der Waals surface area (Å²) < 4.78 is 25.5. The molecule has 0 amide bonds. The second-order valence-corrected chi connectivity index (χ2v) is 8.41. The fourth-order valence-electron chi connectivity index (χ4n) is 3.20. The highest BCUT2D eigenvalue weighted by molar-refractivity contribution is 7.91. The van der Waals surface area contributed by atoms with Gasteiger partial charge in [-0.05, 0) is 49.3 Å². The van der Waals surface area contributed by atoms with Gasteiger partial charge in [-0.25, -0.2) is 8.42 Å². The van der Waals surface area contributed by atoms with Crippen LogP contribution in [0.3, 0.4) is 0 Å². The van der Waals surface area contributed by atoms with Gasteiger partial charge in [-0.2, -0.15) is 0 Å². The molecule has 1 aliphatic carbocycles. The first-order chi connectivity index (χ1) is 9.44. The topological polar surface area (TPSA) is 60.2 Å². The van der Waals surface area contributed by atoms with Crippen LogP contribution < -0.4 is 5.73 Å². The van der Waals surface area contributed by atoms with Crippen molar-refractivity contribution in [3.8, 4) is 0 Å². The van der Waals surface area contributed by atoms with E-state index in [4.69, 9.17) is 5.73 Å². The summed E-state index contributed by atoms with van der Waals surface area (Å²) in [5.74, 6) is 0.753. The Morgan fingerprint density at radius 1 is 1.25 bits per heavy atom. The average Bonchev–Trinajstić information content (AvgIpc) is 2.41. The van der Waals surface area contributed by atoms with Crippen molar-refractivity contribution in [2.45, 2.75) is 44.1 Å². The molecule has 0 aliphatic heterocycles. The molecule has 0 radical (unpaired) electrons. The molecule has 1 aliphatic rings. The Bertz CT molecular complexity index is 553. The van der Waals surface area contributed by atoms with Crippen molar-refractivity contribution >= 4 is 9.84 Å². The number of hydrogen-bond acceptors (Lipinski definition) is 3. The molecule has 2 rings (SSSR count). The van der Waals surface area contributed by atoms with E-state index < -0.39 is 9.84 Å². The van der Waals surface area contributed by atoms with Gasteiger partial charge in [0.2, 0.25) is 0 Å². The van der Waals surface area contributed by atoms with Gasteiger partial charge in [0.05, 0.1) is 11.0 Å². The van der Waals surface area contributed by atoms with Crippen molar-refractivity contribution in [2.75, 3.05) is 6.54 Å². The third kappa shape index (κ3) is 3.41. The number of benzene rings is 1. The van der Waals surface area contributed by atoms with Crippen molar-refractivity contribution in [1.29, 1.82) is 0 Å². The number of hydrogen-bond donors (Lipinski definition) is 1. The van der Waals surface area contributed by atoms with Crippen molar-refractivity contribution < 1.29 is 8.42 Å². The number of rotatable bonds is 4. The molecule has 20 heavy (non-hydrogen) atoms. The van der Waals surface area contributed by atoms with Gasteiger partial charge in [0.1, 0.15) is 0 Å². The molecule has 0 saturated heterocycles. The summed E-state index contributed by atoms with van der Waals surface area (Å²) in [5.41, 5.74) is 7.76. The third-order valence-electron chi connectivity index (χ3n) is 4.57. The van der Waals surface area contributed by atoms with Crippen molar-refractivity contribution in [3.05, 3.63) is 35.4 Å². The summed E-state index contributed by atoms with van der Waals surface area (Å²) in [6.45, 7) is 4.59. The zero-order valence-corrected chi connectivity index (χ0v) is 13.2. The predicted molar refractivity (Wildman–Crippen MR) is 83.2 cm³/mol. The molecule has 112 valence electrons. The zero-order chi connectivity index (χ0) is 14.8. The molecule has 3 unspecified atom stereocenters. The van der Waals surface area contributed by atoms with Crippen LogP contribution in [-0.2, 0) is 15.6 Å². The second kappa shape index (κ2) is 6.27. The van der Waals surface area contributed by atoms with Gasteiger partial charge >= 0.3 is 0 Å². The van der Waals surface area contributed by atoms with Crippen molar-refractivity contribution in [2.24, 2.45) is 17.6 Å². The lowest BCUT2D eigenvalue weighted by atomic mass is 9.82. The van der Waals surface area contributed by atoms with Crippen LogP contribution in [0.2, 0.25) is 0 Å². The highest BCUT2D eigenvalue weighted by Crippen LogP contribution is 2.34. The summed E-state index contributed by atoms with van der Waals surface area (Å²) >= 11 is 0. The Balaban J connectivity index is 2.22. The lowest BCUT2D eigenvalue weighted by Gasteiger charge is -2.33. The minimum Gasteiger partial charge on any atom is -0.330 e. The first kappa shape index (κ1) is 15.5. The van der Waals surface area contributed by atoms with Crippen LogP contribution in [0.25, 0.3) is 0 Å². The third-order valence-corrected chi connectivity index (χ3v) is 6.79. The largest absolute Gasteiger partial charge is 0.330 e. The van der Waals surface area contributed by atoms with Gasteiger partial charge in [0.15, 0.2) is 9.84 Å². The molecular weight excluding hydrogens is 270 g/mol. The summed E-state index contributed by atoms with van der Waals surface area (Å²) in [6.07, 6.45) is 2.80. The molecule has 4 heteroatoms. The summed E-state index contributed by atoms with van der Waals surface area (Å²) in [4.78, 5) is 0. The molecule has 0 spiro atoms. The minimum absolute atomic E-state index is 0.125. The van der Waals surface area contributed by atoms with E-state index in [1.165, 1.54) is 0 Å². The highest BCUT2D eigenvalue weighted by Gasteiger charge is 2.37. The summed E-state index contributed by atoms with van der Waals surface area (Å²) in [5, 5.41) is -0.268. The minimum atomic E-state index is -3.13. The number of aryl methyl sites for hydroxylation is 1. The molecular formula is C16H25NO2S. The first-order valence-electron chi connectivity index (χ1n) is 7.40. The SMILES string of the molecule is Cc1ccccc1CS(=O)(=O)C1CC(C)CCC1CN. The molecule has 1 fully saturated rings. The standard InChI is InChI=1S/C16H25NO2S/c1-12-7-8-14(10-17)16(9-12)20(18,19)11-15-6-4-3-5-13(15)2/h3-6,12,14,16H,7-11,17H2,1-2H3. The van der Waals surface area contributed by atoms with Crippen LogP contribution in [0.15, 0.2) is 24.3 Å². The second-order valence-electron chi connectivity index (χ2n) is 6.19. The fourth-order valence-corrected chi connectivity index (χ4v) is 5.62. The lowest BCUT2D eigenvalue weighted by molar-refractivity contribution is 0.296. The van der Waals surface area contributed by atoms with E-state index in [0.29, 0.717) is 12.5 Å². The van der Waals surface area contributed by atoms with Gasteiger partial charge < -0.3 is 5.73 Å². The Hall–Kier alpha value is -0.870. The van der Waals surface area contributed by atoms with E-state index in [1.54, 1.807) is 0 Å². The quantitative estimate of drug-likeness (QED) is 0.929. The maximum atomic E-state index is 12.8. The van der Waals surface area contributed by atoms with E-state index in [1.807, 2.05) is 31.2 Å². The predicted octanol–water partition coefficient (Wildman–Crippen LogP) is 2.67. The monoisotopic (exact) mass is 295 g/mol.